The monoisotopic (exact) mass is 471 g/mol. The molecule has 6 nitrogen and oxygen atoms in total. The van der Waals surface area contributed by atoms with Gasteiger partial charge in [-0.1, -0.05) is 39.8 Å². The van der Waals surface area contributed by atoms with Gasteiger partial charge in [-0.3, -0.25) is 14.5 Å². The Balaban J connectivity index is 2.00. The number of methoxy groups -OCH3 is 1. The van der Waals surface area contributed by atoms with Crippen molar-refractivity contribution in [3.05, 3.63) is 69.2 Å². The molecule has 0 radical (unpaired) electrons. The average molecular weight is 472 g/mol. The van der Waals surface area contributed by atoms with Crippen molar-refractivity contribution in [2.45, 2.75) is 11.7 Å². The summed E-state index contributed by atoms with van der Waals surface area (Å²) in [6, 6.07) is 16.6. The fourth-order valence-corrected chi connectivity index (χ4v) is 4.49. The lowest BCUT2D eigenvalue weighted by atomic mass is 10.1. The molecule has 1 unspecified atom stereocenters. The van der Waals surface area contributed by atoms with Crippen LogP contribution < -0.4 is 15.0 Å². The van der Waals surface area contributed by atoms with Crippen molar-refractivity contribution in [1.29, 1.82) is 5.26 Å². The van der Waals surface area contributed by atoms with E-state index in [1.165, 1.54) is 23.7 Å². The smallest absolute Gasteiger partial charge is 0.264 e. The predicted molar refractivity (Wildman–Crippen MR) is 116 cm³/mol. The molecule has 1 atom stereocenters. The zero-order valence-corrected chi connectivity index (χ0v) is 18.2. The van der Waals surface area contributed by atoms with Crippen molar-refractivity contribution in [3.63, 3.8) is 0 Å². The Bertz CT molecular complexity index is 997. The Morgan fingerprint density at radius 2 is 1.90 bits per heavy atom. The maximum Gasteiger partial charge on any atom is 0.264 e. The van der Waals surface area contributed by atoms with Crippen LogP contribution in [0.3, 0.4) is 0 Å². The fourth-order valence-electron chi connectivity index (χ4n) is 2.91. The van der Waals surface area contributed by atoms with Crippen LogP contribution in [0.1, 0.15) is 5.56 Å². The minimum Gasteiger partial charge on any atom is -0.497 e. The van der Waals surface area contributed by atoms with Gasteiger partial charge in [-0.2, -0.15) is 5.26 Å². The summed E-state index contributed by atoms with van der Waals surface area (Å²) in [6.07, 6.45) is 0.469. The van der Waals surface area contributed by atoms with Gasteiger partial charge in [0.05, 0.1) is 12.4 Å². The number of rotatable bonds is 5. The molecule has 1 heterocycles. The van der Waals surface area contributed by atoms with Crippen LogP contribution in [0.25, 0.3) is 0 Å². The molecule has 1 saturated heterocycles. The number of hydrogen-bond acceptors (Lipinski definition) is 5. The minimum atomic E-state index is -0.519. The number of likely N-dealkylation sites (N-methyl/N-ethyl adjacent to an activating group) is 1. The Morgan fingerprint density at radius 3 is 2.45 bits per heavy atom. The number of nitrogens with zero attached hydrogens (tertiary/aromatic N) is 2. The number of thioether (sulfide) groups is 1. The zero-order chi connectivity index (χ0) is 21.0. The number of hydrogen-bond donors (Lipinski definition) is 1. The van der Waals surface area contributed by atoms with E-state index in [4.69, 9.17) is 4.74 Å². The van der Waals surface area contributed by atoms with E-state index in [1.54, 1.807) is 19.2 Å². The molecule has 1 fully saturated rings. The number of carbonyl (C=O) groups excluding carboxylic acids is 2. The first kappa shape index (κ1) is 21.0. The predicted octanol–water partition coefficient (Wildman–Crippen LogP) is 3.63. The van der Waals surface area contributed by atoms with Gasteiger partial charge in [-0.25, -0.2) is 0 Å². The van der Waals surface area contributed by atoms with E-state index in [0.717, 1.165) is 15.8 Å². The van der Waals surface area contributed by atoms with Gasteiger partial charge in [-0.15, -0.1) is 0 Å². The number of halogens is 1. The third-order valence-electron chi connectivity index (χ3n) is 4.40. The van der Waals surface area contributed by atoms with Crippen LogP contribution in [-0.2, 0) is 16.0 Å². The van der Waals surface area contributed by atoms with Crippen molar-refractivity contribution in [1.82, 2.24) is 5.32 Å². The van der Waals surface area contributed by atoms with E-state index < -0.39 is 11.2 Å². The molecule has 148 valence electrons. The van der Waals surface area contributed by atoms with E-state index >= 15 is 0 Å². The molecule has 29 heavy (non-hydrogen) atoms. The number of nitriles is 1. The van der Waals surface area contributed by atoms with Crippen LogP contribution in [0.2, 0.25) is 0 Å². The number of benzene rings is 2. The summed E-state index contributed by atoms with van der Waals surface area (Å²) in [5.41, 5.74) is 1.49. The second kappa shape index (κ2) is 9.16. The lowest BCUT2D eigenvalue weighted by Gasteiger charge is -2.18. The quantitative estimate of drug-likeness (QED) is 0.531. The van der Waals surface area contributed by atoms with Crippen molar-refractivity contribution < 1.29 is 14.3 Å². The molecule has 0 aromatic heterocycles. The number of anilines is 1. The normalized spacial score (nSPS) is 17.7. The summed E-state index contributed by atoms with van der Waals surface area (Å²) in [7, 11) is 3.06. The van der Waals surface area contributed by atoms with E-state index in [1.807, 2.05) is 42.5 Å². The van der Waals surface area contributed by atoms with Gasteiger partial charge >= 0.3 is 0 Å². The van der Waals surface area contributed by atoms with Gasteiger partial charge in [0.15, 0.2) is 0 Å². The lowest BCUT2D eigenvalue weighted by molar-refractivity contribution is -0.117. The maximum absolute atomic E-state index is 13.3. The first-order valence-corrected chi connectivity index (χ1v) is 10.4. The van der Waals surface area contributed by atoms with Gasteiger partial charge in [0.25, 0.3) is 5.91 Å². The van der Waals surface area contributed by atoms with Crippen LogP contribution >= 0.6 is 27.7 Å². The van der Waals surface area contributed by atoms with Gasteiger partial charge in [0, 0.05) is 17.2 Å². The molecule has 0 aliphatic carbocycles. The SMILES string of the molecule is CNC(=O)/C(C#N)=C1/SC(Cc2ccc(OC)cc2)C(=O)N1c1ccc(Br)cc1. The molecule has 8 heteroatoms. The minimum absolute atomic E-state index is 0.0778. The Hall–Kier alpha value is -2.76. The van der Waals surface area contributed by atoms with Crippen LogP contribution in [-0.4, -0.2) is 31.2 Å². The molecular weight excluding hydrogens is 454 g/mol. The van der Waals surface area contributed by atoms with Crippen molar-refractivity contribution in [2.75, 3.05) is 19.1 Å². The van der Waals surface area contributed by atoms with Crippen LogP contribution in [0.5, 0.6) is 5.75 Å². The zero-order valence-electron chi connectivity index (χ0n) is 15.8. The molecule has 0 saturated carbocycles. The van der Waals surface area contributed by atoms with E-state index in [9.17, 15) is 14.9 Å². The molecular formula is C21H18BrN3O3S. The Morgan fingerprint density at radius 1 is 1.24 bits per heavy atom. The standard InChI is InChI=1S/C21H18BrN3O3S/c1-24-19(26)17(12-23)21-25(15-7-5-14(22)6-8-15)20(27)18(29-21)11-13-3-9-16(28-2)10-4-13/h3-10,18H,11H2,1-2H3,(H,24,26)/b21-17+. The molecule has 2 aromatic rings. The number of nitrogens with one attached hydrogen (secondary N) is 1. The van der Waals surface area contributed by atoms with Crippen LogP contribution in [0, 0.1) is 11.3 Å². The van der Waals surface area contributed by atoms with Gasteiger partial charge in [0.1, 0.15) is 22.4 Å². The van der Waals surface area contributed by atoms with E-state index in [2.05, 4.69) is 21.2 Å². The Kier molecular flexibility index (Phi) is 6.62. The van der Waals surface area contributed by atoms with Gasteiger partial charge < -0.3 is 10.1 Å². The summed E-state index contributed by atoms with van der Waals surface area (Å²) >= 11 is 4.62. The maximum atomic E-state index is 13.3. The highest BCUT2D eigenvalue weighted by Crippen LogP contribution is 2.42. The Labute approximate surface area is 181 Å². The second-order valence-corrected chi connectivity index (χ2v) is 8.29. The third-order valence-corrected chi connectivity index (χ3v) is 6.19. The van der Waals surface area contributed by atoms with Crippen LogP contribution in [0.4, 0.5) is 5.69 Å². The lowest BCUT2D eigenvalue weighted by Crippen LogP contribution is -2.31. The number of ether oxygens (including phenoxy) is 1. The van der Waals surface area contributed by atoms with E-state index in [0.29, 0.717) is 17.1 Å². The second-order valence-electron chi connectivity index (χ2n) is 6.18. The summed E-state index contributed by atoms with van der Waals surface area (Å²) in [5, 5.41) is 11.9. The highest BCUT2D eigenvalue weighted by Gasteiger charge is 2.40. The summed E-state index contributed by atoms with van der Waals surface area (Å²) in [5.74, 6) is 0.0532. The summed E-state index contributed by atoms with van der Waals surface area (Å²) in [4.78, 5) is 26.9. The summed E-state index contributed by atoms with van der Waals surface area (Å²) in [6.45, 7) is 0. The first-order valence-electron chi connectivity index (χ1n) is 8.74. The molecule has 2 amide bonds. The number of amides is 2. The molecule has 1 N–H and O–H groups in total. The van der Waals surface area contributed by atoms with Gasteiger partial charge in [-0.05, 0) is 48.4 Å². The third kappa shape index (κ3) is 4.47. The summed E-state index contributed by atoms with van der Waals surface area (Å²) < 4.78 is 6.04. The van der Waals surface area contributed by atoms with E-state index in [-0.39, 0.29) is 11.5 Å². The molecule has 1 aliphatic rings. The average Bonchev–Trinajstić information content (AvgIpc) is 3.05. The molecule has 0 spiro atoms. The topological polar surface area (TPSA) is 82.4 Å². The largest absolute Gasteiger partial charge is 0.497 e. The van der Waals surface area contributed by atoms with Crippen molar-refractivity contribution in [3.8, 4) is 11.8 Å². The molecule has 0 bridgehead atoms. The van der Waals surface area contributed by atoms with Gasteiger partial charge in [0.2, 0.25) is 5.91 Å². The molecule has 3 rings (SSSR count). The highest BCUT2D eigenvalue weighted by atomic mass is 79.9. The number of carbonyl (C=O) groups is 2. The van der Waals surface area contributed by atoms with Crippen molar-refractivity contribution in [2.24, 2.45) is 0 Å². The molecule has 2 aromatic carbocycles. The highest BCUT2D eigenvalue weighted by molar-refractivity contribution is 9.10. The molecule has 1 aliphatic heterocycles. The fraction of sp³-hybridized carbons (Fsp3) is 0.190. The first-order chi connectivity index (χ1) is 14.0. The van der Waals surface area contributed by atoms with Crippen molar-refractivity contribution >= 4 is 45.2 Å². The van der Waals surface area contributed by atoms with Crippen LogP contribution in [0.15, 0.2) is 63.6 Å².